The van der Waals surface area contributed by atoms with E-state index in [-0.39, 0.29) is 18.7 Å². The zero-order chi connectivity index (χ0) is 16.6. The number of hydrogen-bond acceptors (Lipinski definition) is 4. The van der Waals surface area contributed by atoms with Crippen LogP contribution in [0.1, 0.15) is 59.8 Å². The molecule has 0 aromatic rings. The lowest BCUT2D eigenvalue weighted by molar-refractivity contribution is -0.00454. The first-order chi connectivity index (χ1) is 10.4. The van der Waals surface area contributed by atoms with Crippen molar-refractivity contribution in [3.05, 3.63) is 0 Å². The van der Waals surface area contributed by atoms with Gasteiger partial charge < -0.3 is 14.7 Å². The van der Waals surface area contributed by atoms with Gasteiger partial charge in [0.05, 0.1) is 12.6 Å². The lowest BCUT2D eigenvalue weighted by Gasteiger charge is -2.41. The lowest BCUT2D eigenvalue weighted by atomic mass is 10.1. The quantitative estimate of drug-likeness (QED) is 0.734. The van der Waals surface area contributed by atoms with Crippen molar-refractivity contribution in [3.63, 3.8) is 0 Å². The second-order valence-corrected chi connectivity index (χ2v) is 7.21. The Morgan fingerprint density at radius 1 is 1.18 bits per heavy atom. The molecule has 5 heteroatoms. The normalized spacial score (nSPS) is 20.2. The van der Waals surface area contributed by atoms with E-state index in [1.54, 1.807) is 4.90 Å². The molecule has 1 N–H and O–H groups in total. The Kier molecular flexibility index (Phi) is 8.18. The number of carbonyl (C=O) groups excluding carboxylic acids is 1. The van der Waals surface area contributed by atoms with Gasteiger partial charge in [0.15, 0.2) is 0 Å². The van der Waals surface area contributed by atoms with Crippen molar-refractivity contribution < 1.29 is 14.6 Å². The fraction of sp³-hybridized carbons (Fsp3) is 0.941. The van der Waals surface area contributed by atoms with Crippen molar-refractivity contribution in [2.45, 2.75) is 71.4 Å². The smallest absolute Gasteiger partial charge is 0.410 e. The van der Waals surface area contributed by atoms with Gasteiger partial charge in [-0.15, -0.1) is 0 Å². The number of ether oxygens (including phenoxy) is 1. The standard InChI is InChI=1S/C17H34N2O3/c1-5-6-7-8-9-10-18-11-12-19(13-15(18)14-20)16(21)22-17(2,3)4/h15,20H,5-14H2,1-4H3. The van der Waals surface area contributed by atoms with Crippen LogP contribution in [0.4, 0.5) is 4.79 Å². The number of aliphatic hydroxyl groups is 1. The minimum absolute atomic E-state index is 0.0347. The molecule has 0 aromatic carbocycles. The molecule has 0 spiro atoms. The Morgan fingerprint density at radius 3 is 2.45 bits per heavy atom. The minimum atomic E-state index is -0.470. The third-order valence-corrected chi connectivity index (χ3v) is 4.02. The first-order valence-electron chi connectivity index (χ1n) is 8.70. The molecule has 1 unspecified atom stereocenters. The third kappa shape index (κ3) is 6.97. The van der Waals surface area contributed by atoms with Crippen LogP contribution in [0.5, 0.6) is 0 Å². The van der Waals surface area contributed by atoms with Gasteiger partial charge in [0, 0.05) is 19.6 Å². The number of unbranched alkanes of at least 4 members (excludes halogenated alkanes) is 4. The molecule has 0 radical (unpaired) electrons. The van der Waals surface area contributed by atoms with Gasteiger partial charge in [-0.3, -0.25) is 4.90 Å². The van der Waals surface area contributed by atoms with Gasteiger partial charge in [-0.05, 0) is 33.7 Å². The molecule has 1 aliphatic rings. The van der Waals surface area contributed by atoms with Gasteiger partial charge in [0.25, 0.3) is 0 Å². The van der Waals surface area contributed by atoms with E-state index in [0.29, 0.717) is 13.1 Å². The van der Waals surface area contributed by atoms with E-state index in [0.717, 1.165) is 13.1 Å². The van der Waals surface area contributed by atoms with Crippen molar-refractivity contribution in [1.82, 2.24) is 9.80 Å². The second-order valence-electron chi connectivity index (χ2n) is 7.21. The highest BCUT2D eigenvalue weighted by Crippen LogP contribution is 2.16. The van der Waals surface area contributed by atoms with Crippen LogP contribution in [0, 0.1) is 0 Å². The Morgan fingerprint density at radius 2 is 1.86 bits per heavy atom. The number of hydrogen-bond donors (Lipinski definition) is 1. The van der Waals surface area contributed by atoms with E-state index >= 15 is 0 Å². The van der Waals surface area contributed by atoms with Crippen LogP contribution >= 0.6 is 0 Å². The van der Waals surface area contributed by atoms with E-state index in [2.05, 4.69) is 11.8 Å². The van der Waals surface area contributed by atoms with Crippen LogP contribution in [-0.4, -0.2) is 65.4 Å². The highest BCUT2D eigenvalue weighted by molar-refractivity contribution is 5.68. The summed E-state index contributed by atoms with van der Waals surface area (Å²) >= 11 is 0. The molecule has 1 amide bonds. The molecule has 0 aromatic heterocycles. The fourth-order valence-corrected chi connectivity index (χ4v) is 2.77. The zero-order valence-corrected chi connectivity index (χ0v) is 14.8. The maximum atomic E-state index is 12.1. The van der Waals surface area contributed by atoms with Gasteiger partial charge in [0.2, 0.25) is 0 Å². The first kappa shape index (κ1) is 19.2. The number of piperazine rings is 1. The van der Waals surface area contributed by atoms with E-state index in [4.69, 9.17) is 4.74 Å². The van der Waals surface area contributed by atoms with Gasteiger partial charge in [-0.2, -0.15) is 0 Å². The number of amides is 1. The Labute approximate surface area is 135 Å². The second kappa shape index (κ2) is 9.36. The molecule has 22 heavy (non-hydrogen) atoms. The molecular formula is C17H34N2O3. The van der Waals surface area contributed by atoms with Crippen LogP contribution in [-0.2, 0) is 4.74 Å². The molecule has 1 heterocycles. The monoisotopic (exact) mass is 314 g/mol. The van der Waals surface area contributed by atoms with Gasteiger partial charge in [-0.1, -0.05) is 32.6 Å². The van der Waals surface area contributed by atoms with E-state index in [9.17, 15) is 9.90 Å². The first-order valence-corrected chi connectivity index (χ1v) is 8.70. The summed E-state index contributed by atoms with van der Waals surface area (Å²) in [5.41, 5.74) is -0.470. The van der Waals surface area contributed by atoms with Crippen molar-refractivity contribution in [1.29, 1.82) is 0 Å². The van der Waals surface area contributed by atoms with E-state index in [1.165, 1.54) is 32.1 Å². The molecule has 5 nitrogen and oxygen atoms in total. The molecular weight excluding hydrogens is 280 g/mol. The molecule has 1 saturated heterocycles. The molecule has 0 aliphatic carbocycles. The number of carbonyl (C=O) groups is 1. The van der Waals surface area contributed by atoms with Gasteiger partial charge in [-0.25, -0.2) is 4.79 Å². The van der Waals surface area contributed by atoms with Crippen molar-refractivity contribution in [3.8, 4) is 0 Å². The summed E-state index contributed by atoms with van der Waals surface area (Å²) in [6.45, 7) is 11.0. The summed E-state index contributed by atoms with van der Waals surface area (Å²) in [6.07, 6.45) is 6.00. The number of nitrogens with zero attached hydrogens (tertiary/aromatic N) is 2. The topological polar surface area (TPSA) is 53.0 Å². The third-order valence-electron chi connectivity index (χ3n) is 4.02. The lowest BCUT2D eigenvalue weighted by Crippen LogP contribution is -2.56. The molecule has 1 rings (SSSR count). The Balaban J connectivity index is 2.38. The predicted octanol–water partition coefficient (Wildman–Crippen LogP) is 2.87. The van der Waals surface area contributed by atoms with Crippen molar-refractivity contribution >= 4 is 6.09 Å². The van der Waals surface area contributed by atoms with Crippen LogP contribution in [0.3, 0.4) is 0 Å². The highest BCUT2D eigenvalue weighted by Gasteiger charge is 2.31. The summed E-state index contributed by atoms with van der Waals surface area (Å²) in [4.78, 5) is 16.2. The molecule has 130 valence electrons. The SMILES string of the molecule is CCCCCCCN1CCN(C(=O)OC(C)(C)C)CC1CO. The van der Waals surface area contributed by atoms with Gasteiger partial charge >= 0.3 is 6.09 Å². The summed E-state index contributed by atoms with van der Waals surface area (Å²) in [5.74, 6) is 0. The van der Waals surface area contributed by atoms with Gasteiger partial charge in [0.1, 0.15) is 5.60 Å². The van der Waals surface area contributed by atoms with Crippen LogP contribution < -0.4 is 0 Å². The predicted molar refractivity (Wildman–Crippen MR) is 89.0 cm³/mol. The largest absolute Gasteiger partial charge is 0.444 e. The maximum Gasteiger partial charge on any atom is 0.410 e. The number of aliphatic hydroxyl groups excluding tert-OH is 1. The van der Waals surface area contributed by atoms with Crippen LogP contribution in [0.2, 0.25) is 0 Å². The molecule has 0 bridgehead atoms. The minimum Gasteiger partial charge on any atom is -0.444 e. The number of rotatable bonds is 7. The van der Waals surface area contributed by atoms with Crippen molar-refractivity contribution in [2.75, 3.05) is 32.8 Å². The van der Waals surface area contributed by atoms with Crippen molar-refractivity contribution in [2.24, 2.45) is 0 Å². The highest BCUT2D eigenvalue weighted by atomic mass is 16.6. The summed E-state index contributed by atoms with van der Waals surface area (Å²) in [5, 5.41) is 9.61. The fourth-order valence-electron chi connectivity index (χ4n) is 2.77. The molecule has 0 saturated carbocycles. The molecule has 1 aliphatic heterocycles. The summed E-state index contributed by atoms with van der Waals surface area (Å²) in [7, 11) is 0. The summed E-state index contributed by atoms with van der Waals surface area (Å²) in [6, 6.07) is 0.0347. The average Bonchev–Trinajstić information content (AvgIpc) is 2.45. The van der Waals surface area contributed by atoms with Crippen LogP contribution in [0.15, 0.2) is 0 Å². The van der Waals surface area contributed by atoms with Crippen LogP contribution in [0.25, 0.3) is 0 Å². The van der Waals surface area contributed by atoms with E-state index in [1.807, 2.05) is 20.8 Å². The molecule has 1 atom stereocenters. The Hall–Kier alpha value is -0.810. The Bertz CT molecular complexity index is 328. The summed E-state index contributed by atoms with van der Waals surface area (Å²) < 4.78 is 5.42. The zero-order valence-electron chi connectivity index (χ0n) is 14.8. The average molecular weight is 314 g/mol. The molecule has 1 fully saturated rings. The van der Waals surface area contributed by atoms with E-state index < -0.39 is 5.60 Å². The maximum absolute atomic E-state index is 12.1.